The van der Waals surface area contributed by atoms with Crippen LogP contribution in [0.4, 0.5) is 5.69 Å². The fraction of sp³-hybridized carbons (Fsp3) is 0.200. The minimum atomic E-state index is -0.538. The van der Waals surface area contributed by atoms with Gasteiger partial charge in [-0.3, -0.25) is 19.4 Å². The van der Waals surface area contributed by atoms with E-state index in [4.69, 9.17) is 0 Å². The normalized spacial score (nSPS) is 13.6. The number of aromatic nitrogens is 2. The number of Topliss-reactive ketones (excluding diaryl/α,β-unsaturated/α-hetero) is 1. The van der Waals surface area contributed by atoms with Crippen molar-refractivity contribution in [3.63, 3.8) is 0 Å². The maximum absolute atomic E-state index is 12.2. The zero-order chi connectivity index (χ0) is 14.8. The number of aryl methyl sites for hydroxylation is 1. The Balaban J connectivity index is 1.95. The number of nitrogens with zero attached hydrogens (tertiary/aromatic N) is 1. The van der Waals surface area contributed by atoms with Crippen molar-refractivity contribution in [2.45, 2.75) is 19.3 Å². The number of hydrogen-bond donors (Lipinski definition) is 2. The number of hydrogen-bond acceptors (Lipinski definition) is 4. The summed E-state index contributed by atoms with van der Waals surface area (Å²) >= 11 is 0. The maximum atomic E-state index is 12.2. The third-order valence-corrected chi connectivity index (χ3v) is 3.44. The number of nitrogens with one attached hydrogen (secondary N) is 2. The highest BCUT2D eigenvalue weighted by Crippen LogP contribution is 2.19. The molecular formula is C15H13N3O3. The Bertz CT molecular complexity index is 765. The van der Waals surface area contributed by atoms with E-state index in [0.29, 0.717) is 29.8 Å². The van der Waals surface area contributed by atoms with Crippen molar-refractivity contribution >= 4 is 17.4 Å². The molecule has 0 radical (unpaired) electrons. The van der Waals surface area contributed by atoms with Crippen molar-refractivity contribution in [3.05, 3.63) is 57.8 Å². The van der Waals surface area contributed by atoms with Gasteiger partial charge in [0.05, 0.1) is 0 Å². The molecule has 0 bridgehead atoms. The van der Waals surface area contributed by atoms with Gasteiger partial charge in [0.2, 0.25) is 0 Å². The SMILES string of the molecule is O=C1CCCc2[nH]c(=O)c(C(=O)Nc3ccncc3)cc21. The first-order valence-electron chi connectivity index (χ1n) is 6.66. The van der Waals surface area contributed by atoms with Crippen LogP contribution in [-0.4, -0.2) is 21.7 Å². The van der Waals surface area contributed by atoms with E-state index >= 15 is 0 Å². The quantitative estimate of drug-likeness (QED) is 0.874. The zero-order valence-electron chi connectivity index (χ0n) is 11.2. The average molecular weight is 283 g/mol. The molecule has 0 unspecified atom stereocenters. The van der Waals surface area contributed by atoms with Crippen LogP contribution in [0.1, 0.15) is 39.3 Å². The third kappa shape index (κ3) is 2.60. The Morgan fingerprint density at radius 3 is 2.71 bits per heavy atom. The number of carbonyl (C=O) groups excluding carboxylic acids is 2. The Hall–Kier alpha value is -2.76. The highest BCUT2D eigenvalue weighted by molar-refractivity contribution is 6.06. The molecule has 2 heterocycles. The monoisotopic (exact) mass is 283 g/mol. The maximum Gasteiger partial charge on any atom is 0.261 e. The summed E-state index contributed by atoms with van der Waals surface area (Å²) in [6.07, 6.45) is 4.91. The molecule has 1 amide bonds. The molecule has 106 valence electrons. The van der Waals surface area contributed by atoms with Gasteiger partial charge < -0.3 is 10.3 Å². The lowest BCUT2D eigenvalue weighted by Crippen LogP contribution is -2.27. The summed E-state index contributed by atoms with van der Waals surface area (Å²) < 4.78 is 0. The number of ketones is 1. The number of H-pyrrole nitrogens is 1. The molecule has 1 aliphatic carbocycles. The number of rotatable bonds is 2. The summed E-state index contributed by atoms with van der Waals surface area (Å²) in [5.41, 5.74) is 1.08. The van der Waals surface area contributed by atoms with Gasteiger partial charge in [0, 0.05) is 35.8 Å². The van der Waals surface area contributed by atoms with E-state index < -0.39 is 11.5 Å². The molecular weight excluding hydrogens is 270 g/mol. The second-order valence-electron chi connectivity index (χ2n) is 4.87. The lowest BCUT2D eigenvalue weighted by molar-refractivity contribution is 0.0971. The van der Waals surface area contributed by atoms with Crippen molar-refractivity contribution in [2.75, 3.05) is 5.32 Å². The van der Waals surface area contributed by atoms with Crippen LogP contribution in [0, 0.1) is 0 Å². The highest BCUT2D eigenvalue weighted by Gasteiger charge is 2.22. The molecule has 3 rings (SSSR count). The van der Waals surface area contributed by atoms with Gasteiger partial charge in [0.1, 0.15) is 5.56 Å². The summed E-state index contributed by atoms with van der Waals surface area (Å²) in [6.45, 7) is 0. The number of fused-ring (bicyclic) bond motifs is 1. The van der Waals surface area contributed by atoms with Gasteiger partial charge in [-0.2, -0.15) is 0 Å². The second kappa shape index (κ2) is 5.32. The molecule has 0 fully saturated rings. The van der Waals surface area contributed by atoms with Crippen molar-refractivity contribution in [3.8, 4) is 0 Å². The zero-order valence-corrected chi connectivity index (χ0v) is 11.2. The number of aromatic amines is 1. The fourth-order valence-corrected chi connectivity index (χ4v) is 2.38. The van der Waals surface area contributed by atoms with Gasteiger partial charge in [0.15, 0.2) is 5.78 Å². The van der Waals surface area contributed by atoms with E-state index in [1.54, 1.807) is 12.1 Å². The van der Waals surface area contributed by atoms with Gasteiger partial charge in [-0.15, -0.1) is 0 Å². The van der Waals surface area contributed by atoms with Crippen LogP contribution < -0.4 is 10.9 Å². The Morgan fingerprint density at radius 2 is 1.95 bits per heavy atom. The molecule has 6 heteroatoms. The van der Waals surface area contributed by atoms with Crippen LogP contribution in [0.3, 0.4) is 0 Å². The van der Waals surface area contributed by atoms with Gasteiger partial charge in [0.25, 0.3) is 11.5 Å². The minimum Gasteiger partial charge on any atom is -0.325 e. The van der Waals surface area contributed by atoms with E-state index in [9.17, 15) is 14.4 Å². The molecule has 2 aromatic heterocycles. The van der Waals surface area contributed by atoms with Gasteiger partial charge in [-0.05, 0) is 31.0 Å². The lowest BCUT2D eigenvalue weighted by Gasteiger charge is -2.15. The molecule has 21 heavy (non-hydrogen) atoms. The van der Waals surface area contributed by atoms with Crippen LogP contribution >= 0.6 is 0 Å². The van der Waals surface area contributed by atoms with Crippen LogP contribution in [0.2, 0.25) is 0 Å². The van der Waals surface area contributed by atoms with E-state index in [2.05, 4.69) is 15.3 Å². The van der Waals surface area contributed by atoms with Crippen LogP contribution in [0.25, 0.3) is 0 Å². The summed E-state index contributed by atoms with van der Waals surface area (Å²) in [5.74, 6) is -0.575. The van der Waals surface area contributed by atoms with Crippen molar-refractivity contribution < 1.29 is 9.59 Å². The smallest absolute Gasteiger partial charge is 0.261 e. The number of amides is 1. The molecule has 2 aromatic rings. The molecule has 2 N–H and O–H groups in total. The molecule has 0 atom stereocenters. The molecule has 0 spiro atoms. The molecule has 0 aliphatic heterocycles. The van der Waals surface area contributed by atoms with Gasteiger partial charge in [-0.25, -0.2) is 0 Å². The molecule has 0 aromatic carbocycles. The van der Waals surface area contributed by atoms with Gasteiger partial charge >= 0.3 is 0 Å². The predicted octanol–water partition coefficient (Wildman–Crippen LogP) is 1.54. The minimum absolute atomic E-state index is 0.0366. The predicted molar refractivity (Wildman–Crippen MR) is 76.5 cm³/mol. The molecule has 6 nitrogen and oxygen atoms in total. The Morgan fingerprint density at radius 1 is 1.19 bits per heavy atom. The van der Waals surface area contributed by atoms with E-state index in [1.807, 2.05) is 0 Å². The van der Waals surface area contributed by atoms with Gasteiger partial charge in [-0.1, -0.05) is 0 Å². The topological polar surface area (TPSA) is 91.9 Å². The van der Waals surface area contributed by atoms with E-state index in [1.165, 1.54) is 18.5 Å². The van der Waals surface area contributed by atoms with Crippen molar-refractivity contribution in [1.29, 1.82) is 0 Å². The van der Waals surface area contributed by atoms with Crippen LogP contribution in [-0.2, 0) is 6.42 Å². The first-order valence-corrected chi connectivity index (χ1v) is 6.66. The lowest BCUT2D eigenvalue weighted by atomic mass is 9.93. The standard InChI is InChI=1S/C15H13N3O3/c19-13-3-1-2-12-10(13)8-11(15(21)18-12)14(20)17-9-4-6-16-7-5-9/h4-8H,1-3H2,(H,18,21)(H,16,17,20). The largest absolute Gasteiger partial charge is 0.325 e. The van der Waals surface area contributed by atoms with Crippen LogP contribution in [0.15, 0.2) is 35.4 Å². The van der Waals surface area contributed by atoms with Crippen molar-refractivity contribution in [2.24, 2.45) is 0 Å². The molecule has 0 saturated carbocycles. The summed E-state index contributed by atoms with van der Waals surface area (Å²) in [5, 5.41) is 2.61. The second-order valence-corrected chi connectivity index (χ2v) is 4.87. The number of carbonyl (C=O) groups is 2. The van der Waals surface area contributed by atoms with Crippen molar-refractivity contribution in [1.82, 2.24) is 9.97 Å². The van der Waals surface area contributed by atoms with E-state index in [0.717, 1.165) is 6.42 Å². The molecule has 1 aliphatic rings. The third-order valence-electron chi connectivity index (χ3n) is 3.44. The number of pyridine rings is 2. The highest BCUT2D eigenvalue weighted by atomic mass is 16.2. The summed E-state index contributed by atoms with van der Waals surface area (Å²) in [6, 6.07) is 4.64. The first-order chi connectivity index (χ1) is 10.1. The van der Waals surface area contributed by atoms with Crippen LogP contribution in [0.5, 0.6) is 0 Å². The first kappa shape index (κ1) is 13.2. The fourth-order valence-electron chi connectivity index (χ4n) is 2.38. The Kier molecular flexibility index (Phi) is 3.35. The average Bonchev–Trinajstić information content (AvgIpc) is 2.48. The molecule has 0 saturated heterocycles. The number of anilines is 1. The van der Waals surface area contributed by atoms with E-state index in [-0.39, 0.29) is 11.3 Å². The summed E-state index contributed by atoms with van der Waals surface area (Å²) in [4.78, 5) is 42.5. The Labute approximate surface area is 120 Å². The summed E-state index contributed by atoms with van der Waals surface area (Å²) in [7, 11) is 0.